The first-order valence-electron chi connectivity index (χ1n) is 6.80. The zero-order valence-electron chi connectivity index (χ0n) is 9.75. The molecule has 0 unspecified atom stereocenters. The Morgan fingerprint density at radius 2 is 1.40 bits per heavy atom. The van der Waals surface area contributed by atoms with E-state index in [2.05, 4.69) is 5.32 Å². The van der Waals surface area contributed by atoms with Crippen LogP contribution in [0.3, 0.4) is 0 Å². The molecule has 0 aromatic carbocycles. The van der Waals surface area contributed by atoms with Crippen molar-refractivity contribution in [2.24, 2.45) is 0 Å². The summed E-state index contributed by atoms with van der Waals surface area (Å²) in [6, 6.07) is 1.08. The second kappa shape index (κ2) is 5.86. The highest BCUT2D eigenvalue weighted by molar-refractivity contribution is 4.85. The van der Waals surface area contributed by atoms with Gasteiger partial charge in [0.25, 0.3) is 0 Å². The Labute approximate surface area is 93.5 Å². The first-order chi connectivity index (χ1) is 7.36. The van der Waals surface area contributed by atoms with Crippen molar-refractivity contribution in [1.29, 1.82) is 0 Å². The summed E-state index contributed by atoms with van der Waals surface area (Å²) in [6.45, 7) is 0. The van der Waals surface area contributed by atoms with Crippen LogP contribution in [-0.2, 0) is 0 Å². The number of aliphatic hydroxyl groups is 1. The van der Waals surface area contributed by atoms with Crippen LogP contribution in [0.5, 0.6) is 0 Å². The van der Waals surface area contributed by atoms with Crippen LogP contribution in [0, 0.1) is 0 Å². The molecule has 2 N–H and O–H groups in total. The minimum absolute atomic E-state index is 0.0737. The first-order valence-corrected chi connectivity index (χ1v) is 6.80. The maximum absolute atomic E-state index is 9.78. The average Bonchev–Trinajstić information content (AvgIpc) is 2.56. The highest BCUT2D eigenvalue weighted by atomic mass is 16.3. The third-order valence-electron chi connectivity index (χ3n) is 4.03. The van der Waals surface area contributed by atoms with E-state index >= 15 is 0 Å². The Hall–Kier alpha value is -0.0800. The number of hydrogen-bond donors (Lipinski definition) is 2. The Morgan fingerprint density at radius 1 is 0.733 bits per heavy atom. The number of aliphatic hydroxyl groups excluding tert-OH is 1. The molecule has 0 heterocycles. The molecule has 2 atom stereocenters. The maximum Gasteiger partial charge on any atom is 0.0693 e. The summed E-state index contributed by atoms with van der Waals surface area (Å²) in [4.78, 5) is 0. The average molecular weight is 211 g/mol. The predicted octanol–water partition coefficient (Wildman–Crippen LogP) is 2.60. The summed E-state index contributed by atoms with van der Waals surface area (Å²) in [6.07, 6.45) is 13.0. The molecule has 2 nitrogen and oxygen atoms in total. The summed E-state index contributed by atoms with van der Waals surface area (Å²) in [5.74, 6) is 0. The van der Waals surface area contributed by atoms with E-state index < -0.39 is 0 Å². The molecule has 2 fully saturated rings. The van der Waals surface area contributed by atoms with E-state index in [1.807, 2.05) is 0 Å². The van der Waals surface area contributed by atoms with Gasteiger partial charge in [-0.25, -0.2) is 0 Å². The predicted molar refractivity (Wildman–Crippen MR) is 62.9 cm³/mol. The van der Waals surface area contributed by atoms with Gasteiger partial charge in [-0.3, -0.25) is 0 Å². The largest absolute Gasteiger partial charge is 0.392 e. The van der Waals surface area contributed by atoms with Gasteiger partial charge in [-0.2, -0.15) is 0 Å². The van der Waals surface area contributed by atoms with Crippen molar-refractivity contribution < 1.29 is 5.11 Å². The van der Waals surface area contributed by atoms with Crippen molar-refractivity contribution in [3.63, 3.8) is 0 Å². The smallest absolute Gasteiger partial charge is 0.0693 e. The number of hydrogen-bond acceptors (Lipinski definition) is 2. The van der Waals surface area contributed by atoms with E-state index in [1.54, 1.807) is 0 Å². The van der Waals surface area contributed by atoms with Crippen LogP contribution in [0.2, 0.25) is 0 Å². The topological polar surface area (TPSA) is 32.3 Å². The van der Waals surface area contributed by atoms with Crippen LogP contribution in [0.15, 0.2) is 0 Å². The number of nitrogens with one attached hydrogen (secondary N) is 1. The van der Waals surface area contributed by atoms with Gasteiger partial charge in [0.15, 0.2) is 0 Å². The Bertz CT molecular complexity index is 175. The van der Waals surface area contributed by atoms with Crippen LogP contribution in [-0.4, -0.2) is 23.3 Å². The fourth-order valence-electron chi connectivity index (χ4n) is 3.06. The minimum Gasteiger partial charge on any atom is -0.392 e. The zero-order chi connectivity index (χ0) is 10.5. The van der Waals surface area contributed by atoms with Crippen molar-refractivity contribution in [3.8, 4) is 0 Å². The SMILES string of the molecule is O[C@H]1CCC[C@@H]1NC1CCCCCCC1. The second-order valence-corrected chi connectivity index (χ2v) is 5.31. The summed E-state index contributed by atoms with van der Waals surface area (Å²) < 4.78 is 0. The summed E-state index contributed by atoms with van der Waals surface area (Å²) in [5.41, 5.74) is 0. The molecular weight excluding hydrogens is 186 g/mol. The highest BCUT2D eigenvalue weighted by Crippen LogP contribution is 2.22. The summed E-state index contributed by atoms with van der Waals surface area (Å²) in [7, 11) is 0. The molecule has 2 rings (SSSR count). The molecule has 88 valence electrons. The lowest BCUT2D eigenvalue weighted by Gasteiger charge is -2.26. The molecule has 2 saturated carbocycles. The van der Waals surface area contributed by atoms with E-state index in [9.17, 15) is 5.11 Å². The molecule has 0 aromatic heterocycles. The lowest BCUT2D eigenvalue weighted by molar-refractivity contribution is 0.139. The molecule has 0 aromatic rings. The molecule has 0 spiro atoms. The molecule has 2 heteroatoms. The lowest BCUT2D eigenvalue weighted by atomic mass is 9.96. The van der Waals surface area contributed by atoms with Gasteiger partial charge < -0.3 is 10.4 Å². The van der Waals surface area contributed by atoms with Crippen LogP contribution in [0.1, 0.15) is 64.2 Å². The van der Waals surface area contributed by atoms with Gasteiger partial charge in [-0.15, -0.1) is 0 Å². The van der Waals surface area contributed by atoms with Crippen LogP contribution in [0.4, 0.5) is 0 Å². The molecule has 0 saturated heterocycles. The Morgan fingerprint density at radius 3 is 2.00 bits per heavy atom. The van der Waals surface area contributed by atoms with Crippen LogP contribution in [0.25, 0.3) is 0 Å². The fourth-order valence-corrected chi connectivity index (χ4v) is 3.06. The first kappa shape index (κ1) is 11.4. The molecule has 0 aliphatic heterocycles. The van der Waals surface area contributed by atoms with Crippen molar-refractivity contribution in [3.05, 3.63) is 0 Å². The van der Waals surface area contributed by atoms with E-state index in [0.29, 0.717) is 12.1 Å². The van der Waals surface area contributed by atoms with E-state index in [-0.39, 0.29) is 6.10 Å². The third kappa shape index (κ3) is 3.46. The van der Waals surface area contributed by atoms with E-state index in [4.69, 9.17) is 0 Å². The van der Waals surface area contributed by atoms with Crippen molar-refractivity contribution in [2.75, 3.05) is 0 Å². The second-order valence-electron chi connectivity index (χ2n) is 5.31. The van der Waals surface area contributed by atoms with Gasteiger partial charge in [0.2, 0.25) is 0 Å². The third-order valence-corrected chi connectivity index (χ3v) is 4.03. The normalized spacial score (nSPS) is 35.0. The summed E-state index contributed by atoms with van der Waals surface area (Å²) >= 11 is 0. The van der Waals surface area contributed by atoms with Crippen molar-refractivity contribution in [2.45, 2.75) is 82.4 Å². The number of rotatable bonds is 2. The van der Waals surface area contributed by atoms with Crippen molar-refractivity contribution in [1.82, 2.24) is 5.32 Å². The van der Waals surface area contributed by atoms with Gasteiger partial charge in [0.1, 0.15) is 0 Å². The molecular formula is C13H25NO. The molecule has 2 aliphatic rings. The molecule has 15 heavy (non-hydrogen) atoms. The quantitative estimate of drug-likeness (QED) is 0.736. The lowest BCUT2D eigenvalue weighted by Crippen LogP contribution is -2.42. The van der Waals surface area contributed by atoms with Crippen molar-refractivity contribution >= 4 is 0 Å². The monoisotopic (exact) mass is 211 g/mol. The minimum atomic E-state index is -0.0737. The van der Waals surface area contributed by atoms with Gasteiger partial charge in [0.05, 0.1) is 6.10 Å². The highest BCUT2D eigenvalue weighted by Gasteiger charge is 2.27. The molecule has 2 aliphatic carbocycles. The van der Waals surface area contributed by atoms with E-state index in [1.165, 1.54) is 57.8 Å². The molecule has 0 amide bonds. The van der Waals surface area contributed by atoms with Gasteiger partial charge in [-0.1, -0.05) is 32.1 Å². The van der Waals surface area contributed by atoms with Gasteiger partial charge in [-0.05, 0) is 32.1 Å². The standard InChI is InChI=1S/C13H25NO/c15-13-10-6-9-12(13)14-11-7-4-2-1-3-5-8-11/h11-15H,1-10H2/t12-,13-/m0/s1. The fraction of sp³-hybridized carbons (Fsp3) is 1.00. The Kier molecular flexibility index (Phi) is 4.45. The summed E-state index contributed by atoms with van der Waals surface area (Å²) in [5, 5.41) is 13.5. The Balaban J connectivity index is 1.75. The molecule has 0 radical (unpaired) electrons. The molecule has 0 bridgehead atoms. The van der Waals surface area contributed by atoms with Crippen LogP contribution < -0.4 is 5.32 Å². The van der Waals surface area contributed by atoms with Gasteiger partial charge in [0, 0.05) is 12.1 Å². The van der Waals surface area contributed by atoms with Gasteiger partial charge >= 0.3 is 0 Å². The van der Waals surface area contributed by atoms with Crippen LogP contribution >= 0.6 is 0 Å². The van der Waals surface area contributed by atoms with E-state index in [0.717, 1.165) is 6.42 Å². The zero-order valence-corrected chi connectivity index (χ0v) is 9.75. The maximum atomic E-state index is 9.78.